The molecule has 0 radical (unpaired) electrons. The summed E-state index contributed by atoms with van der Waals surface area (Å²) in [5.41, 5.74) is 6.13. The average molecular weight is 474 g/mol. The van der Waals surface area contributed by atoms with Crippen LogP contribution in [0.3, 0.4) is 0 Å². The highest BCUT2D eigenvalue weighted by molar-refractivity contribution is 6.16. The molecule has 0 atom stereocenters. The smallest absolute Gasteiger partial charge is 0.338 e. The van der Waals surface area contributed by atoms with Crippen molar-refractivity contribution in [1.82, 2.24) is 0 Å². The summed E-state index contributed by atoms with van der Waals surface area (Å²) in [5, 5.41) is 4.13. The van der Waals surface area contributed by atoms with Crippen LogP contribution >= 0.6 is 0 Å². The molecule has 3 rings (SSSR count). The van der Waals surface area contributed by atoms with Gasteiger partial charge in [0.2, 0.25) is 0 Å². The van der Waals surface area contributed by atoms with Crippen LogP contribution in [0.5, 0.6) is 11.5 Å². The molecule has 0 amide bonds. The Morgan fingerprint density at radius 1 is 0.943 bits per heavy atom. The Hall–Kier alpha value is -4.06. The molecule has 0 aliphatic rings. The maximum absolute atomic E-state index is 12.2. The summed E-state index contributed by atoms with van der Waals surface area (Å²) >= 11 is 0. The van der Waals surface area contributed by atoms with Crippen LogP contribution < -0.4 is 9.47 Å². The fraction of sp³-hybridized carbons (Fsp3) is 0.241. The molecular weight excluding hydrogens is 442 g/mol. The van der Waals surface area contributed by atoms with E-state index in [1.807, 2.05) is 81.4 Å². The predicted octanol–water partition coefficient (Wildman–Crippen LogP) is 6.02. The number of benzene rings is 3. The topological polar surface area (TPSA) is 66.4 Å². The molecule has 182 valence electrons. The Morgan fingerprint density at radius 2 is 1.74 bits per heavy atom. The van der Waals surface area contributed by atoms with Crippen LogP contribution in [0.1, 0.15) is 40.3 Å². The van der Waals surface area contributed by atoms with Gasteiger partial charge in [-0.3, -0.25) is 0 Å². The zero-order chi connectivity index (χ0) is 25.2. The SMILES string of the molecule is CC=C(C(=O)OC)c1ccccc1COc1cc(C)c(C=NOCc2cccc(OC)c2)cc1C. The highest BCUT2D eigenvalue weighted by Crippen LogP contribution is 2.26. The predicted molar refractivity (Wildman–Crippen MR) is 138 cm³/mol. The summed E-state index contributed by atoms with van der Waals surface area (Å²) < 4.78 is 16.3. The molecule has 0 saturated carbocycles. The fourth-order valence-electron chi connectivity index (χ4n) is 3.63. The summed E-state index contributed by atoms with van der Waals surface area (Å²) in [6, 6.07) is 19.3. The second-order valence-electron chi connectivity index (χ2n) is 7.97. The van der Waals surface area contributed by atoms with E-state index in [1.165, 1.54) is 7.11 Å². The number of esters is 1. The number of aryl methyl sites for hydroxylation is 2. The van der Waals surface area contributed by atoms with Gasteiger partial charge in [-0.25, -0.2) is 4.79 Å². The first-order valence-electron chi connectivity index (χ1n) is 11.3. The van der Waals surface area contributed by atoms with Crippen LogP contribution in [0.25, 0.3) is 5.57 Å². The van der Waals surface area contributed by atoms with Crippen LogP contribution in [0.4, 0.5) is 0 Å². The van der Waals surface area contributed by atoms with E-state index in [2.05, 4.69) is 5.16 Å². The third kappa shape index (κ3) is 6.73. The van der Waals surface area contributed by atoms with E-state index in [1.54, 1.807) is 19.4 Å². The van der Waals surface area contributed by atoms with E-state index in [0.717, 1.165) is 44.9 Å². The normalized spacial score (nSPS) is 11.4. The number of methoxy groups -OCH3 is 2. The van der Waals surface area contributed by atoms with Crippen LogP contribution in [-0.4, -0.2) is 26.4 Å². The van der Waals surface area contributed by atoms with Crippen molar-refractivity contribution in [3.63, 3.8) is 0 Å². The third-order valence-corrected chi connectivity index (χ3v) is 5.58. The number of hydrogen-bond donors (Lipinski definition) is 0. The molecule has 6 heteroatoms. The van der Waals surface area contributed by atoms with E-state index in [4.69, 9.17) is 19.0 Å². The Kier molecular flexibility index (Phi) is 9.07. The van der Waals surface area contributed by atoms with Crippen molar-refractivity contribution in [2.24, 2.45) is 5.16 Å². The molecule has 0 aliphatic heterocycles. The number of hydrogen-bond acceptors (Lipinski definition) is 6. The van der Waals surface area contributed by atoms with Gasteiger partial charge in [-0.2, -0.15) is 0 Å². The molecule has 0 N–H and O–H groups in total. The highest BCUT2D eigenvalue weighted by atomic mass is 16.6. The fourth-order valence-corrected chi connectivity index (χ4v) is 3.63. The molecule has 0 fully saturated rings. The Morgan fingerprint density at radius 3 is 2.49 bits per heavy atom. The lowest BCUT2D eigenvalue weighted by atomic mass is 10.00. The van der Waals surface area contributed by atoms with Gasteiger partial charge in [0.05, 0.1) is 26.0 Å². The average Bonchev–Trinajstić information content (AvgIpc) is 2.88. The van der Waals surface area contributed by atoms with Crippen LogP contribution in [0.2, 0.25) is 0 Å². The lowest BCUT2D eigenvalue weighted by Crippen LogP contribution is -2.08. The summed E-state index contributed by atoms with van der Waals surface area (Å²) in [6.07, 6.45) is 3.46. The van der Waals surface area contributed by atoms with E-state index in [-0.39, 0.29) is 5.97 Å². The standard InChI is InChI=1S/C29H31NO5/c1-6-26(29(31)33-5)27-13-8-7-11-23(27)19-34-28-15-20(2)24(14-21(28)3)17-30-35-18-22-10-9-12-25(16-22)32-4/h6-17H,18-19H2,1-5H3. The molecule has 0 aliphatic carbocycles. The number of carbonyl (C=O) groups excluding carboxylic acids is 1. The molecule has 0 heterocycles. The van der Waals surface area contributed by atoms with Gasteiger partial charge in [0.1, 0.15) is 24.7 Å². The second-order valence-corrected chi connectivity index (χ2v) is 7.97. The Labute approximate surface area is 206 Å². The zero-order valence-electron chi connectivity index (χ0n) is 20.8. The monoisotopic (exact) mass is 473 g/mol. The van der Waals surface area contributed by atoms with Gasteiger partial charge >= 0.3 is 5.97 Å². The number of oxime groups is 1. The van der Waals surface area contributed by atoms with Gasteiger partial charge in [0, 0.05) is 0 Å². The first kappa shape index (κ1) is 25.6. The van der Waals surface area contributed by atoms with E-state index in [0.29, 0.717) is 18.8 Å². The van der Waals surface area contributed by atoms with Gasteiger partial charge in [0.15, 0.2) is 0 Å². The van der Waals surface area contributed by atoms with Crippen molar-refractivity contribution in [2.75, 3.05) is 14.2 Å². The molecule has 3 aromatic rings. The molecular formula is C29H31NO5. The number of nitrogens with zero attached hydrogens (tertiary/aromatic N) is 1. The summed E-state index contributed by atoms with van der Waals surface area (Å²) in [5.74, 6) is 1.18. The highest BCUT2D eigenvalue weighted by Gasteiger charge is 2.15. The minimum absolute atomic E-state index is 0.321. The lowest BCUT2D eigenvalue weighted by molar-refractivity contribution is -0.133. The van der Waals surface area contributed by atoms with Crippen molar-refractivity contribution in [3.8, 4) is 11.5 Å². The molecule has 35 heavy (non-hydrogen) atoms. The van der Waals surface area contributed by atoms with Gasteiger partial charge < -0.3 is 19.0 Å². The van der Waals surface area contributed by atoms with Gasteiger partial charge in [-0.1, -0.05) is 47.6 Å². The maximum Gasteiger partial charge on any atom is 0.338 e. The second kappa shape index (κ2) is 12.4. The molecule has 0 aromatic heterocycles. The number of rotatable bonds is 10. The molecule has 0 bridgehead atoms. The van der Waals surface area contributed by atoms with E-state index in [9.17, 15) is 4.79 Å². The molecule has 0 spiro atoms. The zero-order valence-corrected chi connectivity index (χ0v) is 20.8. The van der Waals surface area contributed by atoms with Gasteiger partial charge in [0.25, 0.3) is 0 Å². The first-order chi connectivity index (χ1) is 17.0. The van der Waals surface area contributed by atoms with Gasteiger partial charge in [-0.05, 0) is 78.4 Å². The summed E-state index contributed by atoms with van der Waals surface area (Å²) in [6.45, 7) is 6.48. The molecule has 6 nitrogen and oxygen atoms in total. The largest absolute Gasteiger partial charge is 0.497 e. The third-order valence-electron chi connectivity index (χ3n) is 5.58. The van der Waals surface area contributed by atoms with Crippen molar-refractivity contribution < 1.29 is 23.8 Å². The van der Waals surface area contributed by atoms with Crippen LogP contribution in [0, 0.1) is 13.8 Å². The molecule has 0 saturated heterocycles. The maximum atomic E-state index is 12.2. The van der Waals surface area contributed by atoms with E-state index >= 15 is 0 Å². The van der Waals surface area contributed by atoms with Crippen LogP contribution in [0.15, 0.2) is 71.9 Å². The Bertz CT molecular complexity index is 1230. The van der Waals surface area contributed by atoms with Crippen molar-refractivity contribution >= 4 is 17.8 Å². The lowest BCUT2D eigenvalue weighted by Gasteiger charge is -2.15. The van der Waals surface area contributed by atoms with Gasteiger partial charge in [-0.15, -0.1) is 0 Å². The number of ether oxygens (including phenoxy) is 3. The van der Waals surface area contributed by atoms with Crippen LogP contribution in [-0.2, 0) is 27.6 Å². The number of allylic oxidation sites excluding steroid dienone is 1. The summed E-state index contributed by atoms with van der Waals surface area (Å²) in [4.78, 5) is 17.6. The Balaban J connectivity index is 1.67. The quantitative estimate of drug-likeness (QED) is 0.156. The summed E-state index contributed by atoms with van der Waals surface area (Å²) in [7, 11) is 3.02. The number of carbonyl (C=O) groups is 1. The van der Waals surface area contributed by atoms with Crippen molar-refractivity contribution in [3.05, 3.63) is 100 Å². The van der Waals surface area contributed by atoms with Crippen molar-refractivity contribution in [1.29, 1.82) is 0 Å². The first-order valence-corrected chi connectivity index (χ1v) is 11.3. The molecule has 0 unspecified atom stereocenters. The minimum Gasteiger partial charge on any atom is -0.497 e. The minimum atomic E-state index is -0.371. The molecule has 3 aromatic carbocycles. The van der Waals surface area contributed by atoms with E-state index < -0.39 is 0 Å². The van der Waals surface area contributed by atoms with Crippen molar-refractivity contribution in [2.45, 2.75) is 34.0 Å².